The Balaban J connectivity index is 2.07. The molecule has 1 saturated heterocycles. The number of benzene rings is 1. The van der Waals surface area contributed by atoms with E-state index in [0.717, 1.165) is 37.9 Å². The summed E-state index contributed by atoms with van der Waals surface area (Å²) in [6.45, 7) is 5.16. The number of hydrogen-bond donors (Lipinski definition) is 1. The molecule has 0 bridgehead atoms. The van der Waals surface area contributed by atoms with Crippen LogP contribution in [0.3, 0.4) is 0 Å². The van der Waals surface area contributed by atoms with Gasteiger partial charge in [0.25, 0.3) is 0 Å². The normalized spacial score (nSPS) is 19.3. The maximum Gasteiger partial charge on any atom is 0.322 e. The van der Waals surface area contributed by atoms with Gasteiger partial charge in [0.15, 0.2) is 0 Å². The van der Waals surface area contributed by atoms with E-state index in [9.17, 15) is 4.79 Å². The molecule has 0 aliphatic carbocycles. The molecule has 19 heavy (non-hydrogen) atoms. The van der Waals surface area contributed by atoms with Gasteiger partial charge >= 0.3 is 6.03 Å². The molecule has 0 unspecified atom stereocenters. The molecule has 2 amide bonds. The van der Waals surface area contributed by atoms with Gasteiger partial charge in [-0.1, -0.05) is 32.0 Å². The van der Waals surface area contributed by atoms with E-state index in [1.54, 1.807) is 0 Å². The van der Waals surface area contributed by atoms with E-state index >= 15 is 0 Å². The smallest absolute Gasteiger partial charge is 0.322 e. The molecule has 0 spiro atoms. The van der Waals surface area contributed by atoms with Gasteiger partial charge in [0, 0.05) is 18.3 Å². The Kier molecular flexibility index (Phi) is 4.83. The van der Waals surface area contributed by atoms with Crippen LogP contribution in [0.15, 0.2) is 24.3 Å². The topological polar surface area (TPSA) is 32.3 Å². The van der Waals surface area contributed by atoms with Gasteiger partial charge in [-0.2, -0.15) is 0 Å². The number of nitrogens with one attached hydrogen (secondary N) is 1. The second-order valence-corrected chi connectivity index (χ2v) is 5.19. The third kappa shape index (κ3) is 3.28. The molecule has 3 nitrogen and oxygen atoms in total. The van der Waals surface area contributed by atoms with Crippen molar-refractivity contribution >= 4 is 11.7 Å². The van der Waals surface area contributed by atoms with E-state index in [1.165, 1.54) is 12.0 Å². The standard InChI is InChI=1S/C16H24N2O/c1-3-13-9-5-6-11-15(13)17-16(19)18-12-8-7-10-14(18)4-2/h5-6,9,11,14H,3-4,7-8,10,12H2,1-2H3,(H,17,19)/t14-/m0/s1. The van der Waals surface area contributed by atoms with Crippen LogP contribution in [0.2, 0.25) is 0 Å². The van der Waals surface area contributed by atoms with Crippen molar-refractivity contribution in [1.82, 2.24) is 4.90 Å². The van der Waals surface area contributed by atoms with Gasteiger partial charge in [-0.3, -0.25) is 0 Å². The SMILES string of the molecule is CCc1ccccc1NC(=O)N1CCCC[C@@H]1CC. The summed E-state index contributed by atoms with van der Waals surface area (Å²) >= 11 is 0. The first-order chi connectivity index (χ1) is 9.26. The van der Waals surface area contributed by atoms with Gasteiger partial charge in [0.05, 0.1) is 0 Å². The largest absolute Gasteiger partial charge is 0.322 e. The molecule has 0 aromatic heterocycles. The summed E-state index contributed by atoms with van der Waals surface area (Å²) in [6, 6.07) is 8.52. The quantitative estimate of drug-likeness (QED) is 0.873. The number of carbonyl (C=O) groups excluding carboxylic acids is 1. The molecule has 1 heterocycles. The van der Waals surface area contributed by atoms with E-state index in [1.807, 2.05) is 23.1 Å². The lowest BCUT2D eigenvalue weighted by molar-refractivity contribution is 0.160. The number of amides is 2. The van der Waals surface area contributed by atoms with Crippen molar-refractivity contribution in [2.45, 2.75) is 52.0 Å². The lowest BCUT2D eigenvalue weighted by atomic mass is 10.0. The van der Waals surface area contributed by atoms with E-state index in [4.69, 9.17) is 0 Å². The maximum atomic E-state index is 12.4. The molecule has 3 heteroatoms. The Labute approximate surface area is 116 Å². The number of piperidine rings is 1. The van der Waals surface area contributed by atoms with Gasteiger partial charge in [0.2, 0.25) is 0 Å². The Morgan fingerprint density at radius 2 is 2.11 bits per heavy atom. The van der Waals surface area contributed by atoms with Gasteiger partial charge in [-0.25, -0.2) is 4.79 Å². The predicted molar refractivity (Wildman–Crippen MR) is 79.5 cm³/mol. The third-order valence-electron chi connectivity index (χ3n) is 4.00. The number of nitrogens with zero attached hydrogens (tertiary/aromatic N) is 1. The summed E-state index contributed by atoms with van der Waals surface area (Å²) in [5, 5.41) is 3.08. The van der Waals surface area contributed by atoms with Crippen LogP contribution in [0.1, 0.15) is 45.1 Å². The van der Waals surface area contributed by atoms with Crippen molar-refractivity contribution < 1.29 is 4.79 Å². The molecule has 1 aromatic carbocycles. The molecule has 1 aromatic rings. The molecule has 1 aliphatic heterocycles. The first kappa shape index (κ1) is 13.9. The fraction of sp³-hybridized carbons (Fsp3) is 0.562. The second kappa shape index (κ2) is 6.60. The number of carbonyl (C=O) groups is 1. The van der Waals surface area contributed by atoms with E-state index in [-0.39, 0.29) is 6.03 Å². The number of likely N-dealkylation sites (tertiary alicyclic amines) is 1. The average molecular weight is 260 g/mol. The van der Waals surface area contributed by atoms with E-state index in [0.29, 0.717) is 6.04 Å². The number of para-hydroxylation sites is 1. The number of urea groups is 1. The fourth-order valence-electron chi connectivity index (χ4n) is 2.83. The molecular formula is C16H24N2O. The summed E-state index contributed by atoms with van der Waals surface area (Å²) in [7, 11) is 0. The summed E-state index contributed by atoms with van der Waals surface area (Å²) < 4.78 is 0. The third-order valence-corrected chi connectivity index (χ3v) is 4.00. The fourth-order valence-corrected chi connectivity index (χ4v) is 2.83. The van der Waals surface area contributed by atoms with Crippen molar-refractivity contribution in [3.8, 4) is 0 Å². The molecule has 104 valence electrons. The summed E-state index contributed by atoms with van der Waals surface area (Å²) in [5.74, 6) is 0. The highest BCUT2D eigenvalue weighted by molar-refractivity contribution is 5.90. The molecule has 1 atom stereocenters. The molecular weight excluding hydrogens is 236 g/mol. The van der Waals surface area contributed by atoms with Crippen LogP contribution in [-0.2, 0) is 6.42 Å². The van der Waals surface area contributed by atoms with Crippen molar-refractivity contribution in [3.05, 3.63) is 29.8 Å². The van der Waals surface area contributed by atoms with Crippen LogP contribution in [0.25, 0.3) is 0 Å². The van der Waals surface area contributed by atoms with Crippen molar-refractivity contribution in [1.29, 1.82) is 0 Å². The van der Waals surface area contributed by atoms with Gasteiger partial charge < -0.3 is 10.2 Å². The Hall–Kier alpha value is -1.51. The zero-order valence-electron chi connectivity index (χ0n) is 12.0. The van der Waals surface area contributed by atoms with E-state index in [2.05, 4.69) is 25.2 Å². The van der Waals surface area contributed by atoms with Crippen LogP contribution >= 0.6 is 0 Å². The van der Waals surface area contributed by atoms with Crippen LogP contribution in [0.5, 0.6) is 0 Å². The number of rotatable bonds is 3. The first-order valence-corrected chi connectivity index (χ1v) is 7.41. The summed E-state index contributed by atoms with van der Waals surface area (Å²) in [5.41, 5.74) is 2.15. The summed E-state index contributed by atoms with van der Waals surface area (Å²) in [4.78, 5) is 14.4. The van der Waals surface area contributed by atoms with Gasteiger partial charge in [0.1, 0.15) is 0 Å². The van der Waals surface area contributed by atoms with Crippen LogP contribution < -0.4 is 5.32 Å². The monoisotopic (exact) mass is 260 g/mol. The Bertz CT molecular complexity index is 431. The second-order valence-electron chi connectivity index (χ2n) is 5.19. The molecule has 1 aliphatic rings. The Morgan fingerprint density at radius 1 is 1.32 bits per heavy atom. The number of hydrogen-bond acceptors (Lipinski definition) is 1. The van der Waals surface area contributed by atoms with Crippen molar-refractivity contribution in [2.75, 3.05) is 11.9 Å². The first-order valence-electron chi connectivity index (χ1n) is 7.41. The van der Waals surface area contributed by atoms with Crippen molar-refractivity contribution in [2.24, 2.45) is 0 Å². The van der Waals surface area contributed by atoms with Crippen LogP contribution in [0, 0.1) is 0 Å². The lowest BCUT2D eigenvalue weighted by Gasteiger charge is -2.35. The average Bonchev–Trinajstić information content (AvgIpc) is 2.47. The highest BCUT2D eigenvalue weighted by Crippen LogP contribution is 2.22. The highest BCUT2D eigenvalue weighted by Gasteiger charge is 2.25. The maximum absolute atomic E-state index is 12.4. The Morgan fingerprint density at radius 3 is 2.84 bits per heavy atom. The minimum absolute atomic E-state index is 0.0625. The van der Waals surface area contributed by atoms with Gasteiger partial charge in [-0.05, 0) is 43.7 Å². The highest BCUT2D eigenvalue weighted by atomic mass is 16.2. The molecule has 1 N–H and O–H groups in total. The number of anilines is 1. The molecule has 1 fully saturated rings. The minimum atomic E-state index is 0.0625. The van der Waals surface area contributed by atoms with E-state index < -0.39 is 0 Å². The number of aryl methyl sites for hydroxylation is 1. The summed E-state index contributed by atoms with van der Waals surface area (Å²) in [6.07, 6.45) is 5.49. The van der Waals surface area contributed by atoms with Crippen molar-refractivity contribution in [3.63, 3.8) is 0 Å². The lowest BCUT2D eigenvalue weighted by Crippen LogP contribution is -2.45. The molecule has 0 radical (unpaired) electrons. The van der Waals surface area contributed by atoms with Gasteiger partial charge in [-0.15, -0.1) is 0 Å². The zero-order chi connectivity index (χ0) is 13.7. The zero-order valence-corrected chi connectivity index (χ0v) is 12.0. The minimum Gasteiger partial charge on any atom is -0.322 e. The molecule has 0 saturated carbocycles. The van der Waals surface area contributed by atoms with Crippen LogP contribution in [-0.4, -0.2) is 23.5 Å². The molecule has 2 rings (SSSR count). The van der Waals surface area contributed by atoms with Crippen LogP contribution in [0.4, 0.5) is 10.5 Å². The predicted octanol–water partition coefficient (Wildman–Crippen LogP) is 4.05.